The zero-order valence-electron chi connectivity index (χ0n) is 12.7. The lowest BCUT2D eigenvalue weighted by Gasteiger charge is -2.10. The van der Waals surface area contributed by atoms with E-state index >= 15 is 0 Å². The van der Waals surface area contributed by atoms with Gasteiger partial charge in [0.05, 0.1) is 22.6 Å². The largest absolute Gasteiger partial charge is 0.379 e. The van der Waals surface area contributed by atoms with Gasteiger partial charge in [0.15, 0.2) is 0 Å². The highest BCUT2D eigenvalue weighted by Gasteiger charge is 2.16. The maximum atomic E-state index is 12.2. The standard InChI is InChI=1S/C15H22N2O3S/c1-12(2)20-9-5-4-8-17-21(18,19)15-10-14(11-16)7-6-13(15)3/h6-7,10,12,17H,4-5,8-9H2,1-3H3. The Labute approximate surface area is 127 Å². The van der Waals surface area contributed by atoms with Crippen LogP contribution in [0.3, 0.4) is 0 Å². The van der Waals surface area contributed by atoms with E-state index in [0.717, 1.165) is 6.42 Å². The van der Waals surface area contributed by atoms with E-state index in [-0.39, 0.29) is 11.0 Å². The van der Waals surface area contributed by atoms with Crippen molar-refractivity contribution in [3.8, 4) is 6.07 Å². The molecule has 1 aromatic carbocycles. The fourth-order valence-corrected chi connectivity index (χ4v) is 3.13. The molecule has 0 aliphatic heterocycles. The minimum Gasteiger partial charge on any atom is -0.379 e. The molecule has 21 heavy (non-hydrogen) atoms. The first-order valence-electron chi connectivity index (χ1n) is 6.99. The van der Waals surface area contributed by atoms with E-state index < -0.39 is 10.0 Å². The van der Waals surface area contributed by atoms with Crippen LogP contribution in [0.25, 0.3) is 0 Å². The Morgan fingerprint density at radius 1 is 1.33 bits per heavy atom. The molecular formula is C15H22N2O3S. The number of nitrogens with zero attached hydrogens (tertiary/aromatic N) is 1. The molecule has 0 bridgehead atoms. The summed E-state index contributed by atoms with van der Waals surface area (Å²) in [5.41, 5.74) is 0.968. The number of ether oxygens (including phenoxy) is 1. The molecule has 0 aliphatic carbocycles. The summed E-state index contributed by atoms with van der Waals surface area (Å²) in [6.45, 7) is 6.63. The molecule has 0 radical (unpaired) electrons. The van der Waals surface area contributed by atoms with Crippen LogP contribution >= 0.6 is 0 Å². The molecule has 0 amide bonds. The lowest BCUT2D eigenvalue weighted by atomic mass is 10.2. The minimum absolute atomic E-state index is 0.167. The van der Waals surface area contributed by atoms with E-state index in [1.54, 1.807) is 19.1 Å². The summed E-state index contributed by atoms with van der Waals surface area (Å²) in [6.07, 6.45) is 1.71. The average molecular weight is 310 g/mol. The Bertz CT molecular complexity index is 604. The van der Waals surface area contributed by atoms with Gasteiger partial charge in [0.2, 0.25) is 10.0 Å². The quantitative estimate of drug-likeness (QED) is 0.748. The van der Waals surface area contributed by atoms with Crippen LogP contribution in [0.2, 0.25) is 0 Å². The van der Waals surface area contributed by atoms with Gasteiger partial charge < -0.3 is 4.74 Å². The van der Waals surface area contributed by atoms with Crippen molar-refractivity contribution in [2.24, 2.45) is 0 Å². The molecule has 1 aromatic rings. The number of sulfonamides is 1. The summed E-state index contributed by atoms with van der Waals surface area (Å²) >= 11 is 0. The molecule has 0 spiro atoms. The van der Waals surface area contributed by atoms with Crippen LogP contribution in [-0.4, -0.2) is 27.7 Å². The first-order chi connectivity index (χ1) is 9.86. The van der Waals surface area contributed by atoms with E-state index in [1.807, 2.05) is 19.9 Å². The van der Waals surface area contributed by atoms with Gasteiger partial charge >= 0.3 is 0 Å². The van der Waals surface area contributed by atoms with Crippen LogP contribution in [0.1, 0.15) is 37.8 Å². The monoisotopic (exact) mass is 310 g/mol. The van der Waals surface area contributed by atoms with Gasteiger partial charge in [-0.3, -0.25) is 0 Å². The molecule has 6 heteroatoms. The van der Waals surface area contributed by atoms with Gasteiger partial charge in [-0.1, -0.05) is 6.07 Å². The van der Waals surface area contributed by atoms with Crippen molar-refractivity contribution in [2.75, 3.05) is 13.2 Å². The third-order valence-corrected chi connectivity index (χ3v) is 4.52. The van der Waals surface area contributed by atoms with Crippen molar-refractivity contribution < 1.29 is 13.2 Å². The van der Waals surface area contributed by atoms with Crippen molar-refractivity contribution in [1.29, 1.82) is 5.26 Å². The fourth-order valence-electron chi connectivity index (χ4n) is 1.79. The van der Waals surface area contributed by atoms with Gasteiger partial charge in [-0.2, -0.15) is 5.26 Å². The van der Waals surface area contributed by atoms with Gasteiger partial charge in [-0.15, -0.1) is 0 Å². The second-order valence-electron chi connectivity index (χ2n) is 5.12. The lowest BCUT2D eigenvalue weighted by molar-refractivity contribution is 0.0762. The second kappa shape index (κ2) is 8.13. The molecule has 116 valence electrons. The number of rotatable bonds is 8. The molecule has 1 N–H and O–H groups in total. The van der Waals surface area contributed by atoms with Crippen LogP contribution < -0.4 is 4.72 Å². The molecule has 0 aromatic heterocycles. The molecular weight excluding hydrogens is 288 g/mol. The Kier molecular flexibility index (Phi) is 6.82. The molecule has 1 rings (SSSR count). The number of unbranched alkanes of at least 4 members (excludes halogenated alkanes) is 1. The summed E-state index contributed by atoms with van der Waals surface area (Å²) < 4.78 is 32.4. The number of nitriles is 1. The van der Waals surface area contributed by atoms with Crippen molar-refractivity contribution in [2.45, 2.75) is 44.6 Å². The predicted octanol–water partition coefficient (Wildman–Crippen LogP) is 2.35. The Balaban J connectivity index is 2.56. The van der Waals surface area contributed by atoms with Gasteiger partial charge in [0.1, 0.15) is 0 Å². The van der Waals surface area contributed by atoms with Crippen LogP contribution in [0.15, 0.2) is 23.1 Å². The predicted molar refractivity (Wildman–Crippen MR) is 81.4 cm³/mol. The average Bonchev–Trinajstić information content (AvgIpc) is 2.42. The first-order valence-corrected chi connectivity index (χ1v) is 8.47. The van der Waals surface area contributed by atoms with Gasteiger partial charge in [0, 0.05) is 13.2 Å². The van der Waals surface area contributed by atoms with Crippen LogP contribution in [0.5, 0.6) is 0 Å². The summed E-state index contributed by atoms with van der Waals surface area (Å²) in [5.74, 6) is 0. The van der Waals surface area contributed by atoms with Crippen molar-refractivity contribution >= 4 is 10.0 Å². The maximum Gasteiger partial charge on any atom is 0.240 e. The maximum absolute atomic E-state index is 12.2. The van der Waals surface area contributed by atoms with E-state index in [4.69, 9.17) is 10.00 Å². The van der Waals surface area contributed by atoms with Crippen molar-refractivity contribution in [3.05, 3.63) is 29.3 Å². The number of aryl methyl sites for hydroxylation is 1. The highest BCUT2D eigenvalue weighted by molar-refractivity contribution is 7.89. The summed E-state index contributed by atoms with van der Waals surface area (Å²) in [5, 5.41) is 8.86. The highest BCUT2D eigenvalue weighted by atomic mass is 32.2. The van der Waals surface area contributed by atoms with E-state index in [2.05, 4.69) is 4.72 Å². The van der Waals surface area contributed by atoms with Crippen molar-refractivity contribution in [1.82, 2.24) is 4.72 Å². The molecule has 0 saturated heterocycles. The molecule has 0 aliphatic rings. The summed E-state index contributed by atoms with van der Waals surface area (Å²) in [4.78, 5) is 0.167. The zero-order chi connectivity index (χ0) is 15.9. The van der Waals surface area contributed by atoms with Gasteiger partial charge in [0.25, 0.3) is 0 Å². The Morgan fingerprint density at radius 3 is 2.67 bits per heavy atom. The SMILES string of the molecule is Cc1ccc(C#N)cc1S(=O)(=O)NCCCCOC(C)C. The molecule has 5 nitrogen and oxygen atoms in total. The third-order valence-electron chi connectivity index (χ3n) is 2.92. The first kappa shape index (κ1) is 17.6. The zero-order valence-corrected chi connectivity index (χ0v) is 13.5. The van der Waals surface area contributed by atoms with Gasteiger partial charge in [-0.25, -0.2) is 13.1 Å². The fraction of sp³-hybridized carbons (Fsp3) is 0.533. The van der Waals surface area contributed by atoms with E-state index in [1.165, 1.54) is 6.07 Å². The van der Waals surface area contributed by atoms with E-state index in [9.17, 15) is 8.42 Å². The molecule has 0 atom stereocenters. The number of hydrogen-bond acceptors (Lipinski definition) is 4. The Morgan fingerprint density at radius 2 is 2.05 bits per heavy atom. The molecule has 0 fully saturated rings. The van der Waals surface area contributed by atoms with Crippen molar-refractivity contribution in [3.63, 3.8) is 0 Å². The number of benzene rings is 1. The topological polar surface area (TPSA) is 79.2 Å². The number of nitrogens with one attached hydrogen (secondary N) is 1. The molecule has 0 heterocycles. The van der Waals surface area contributed by atoms with Crippen LogP contribution in [0.4, 0.5) is 0 Å². The van der Waals surface area contributed by atoms with Crippen LogP contribution in [-0.2, 0) is 14.8 Å². The molecule has 0 unspecified atom stereocenters. The van der Waals surface area contributed by atoms with Gasteiger partial charge in [-0.05, 0) is 51.3 Å². The summed E-state index contributed by atoms with van der Waals surface area (Å²) in [6, 6.07) is 6.61. The Hall–Kier alpha value is -1.42. The number of hydrogen-bond donors (Lipinski definition) is 1. The molecule has 0 saturated carbocycles. The minimum atomic E-state index is -3.57. The third kappa shape index (κ3) is 5.84. The van der Waals surface area contributed by atoms with E-state index in [0.29, 0.717) is 30.7 Å². The van der Waals surface area contributed by atoms with Crippen LogP contribution in [0, 0.1) is 18.3 Å². The normalized spacial score (nSPS) is 11.6. The smallest absolute Gasteiger partial charge is 0.240 e. The second-order valence-corrected chi connectivity index (χ2v) is 6.85. The lowest BCUT2D eigenvalue weighted by Crippen LogP contribution is -2.25. The highest BCUT2D eigenvalue weighted by Crippen LogP contribution is 2.16. The summed E-state index contributed by atoms with van der Waals surface area (Å²) in [7, 11) is -3.57.